The highest BCUT2D eigenvalue weighted by Crippen LogP contribution is 2.55. The summed E-state index contributed by atoms with van der Waals surface area (Å²) in [6.45, 7) is 4.11. The number of rotatable bonds is 2. The Labute approximate surface area is 128 Å². The lowest BCUT2D eigenvalue weighted by Gasteiger charge is -2.57. The number of amides is 1. The SMILES string of the molecule is CN(C(=O)C1(C)CCCNC1)C1C2CC3CC(C2)CC1C3. The van der Waals surface area contributed by atoms with Gasteiger partial charge in [0.25, 0.3) is 0 Å². The lowest BCUT2D eigenvalue weighted by Crippen LogP contribution is -2.59. The lowest BCUT2D eigenvalue weighted by molar-refractivity contribution is -0.152. The molecule has 21 heavy (non-hydrogen) atoms. The molecule has 3 heteroatoms. The minimum absolute atomic E-state index is 0.165. The maximum absolute atomic E-state index is 13.1. The van der Waals surface area contributed by atoms with Gasteiger partial charge in [0.15, 0.2) is 0 Å². The average Bonchev–Trinajstić information content (AvgIpc) is 2.46. The highest BCUT2D eigenvalue weighted by molar-refractivity contribution is 5.83. The van der Waals surface area contributed by atoms with Crippen molar-refractivity contribution in [3.05, 3.63) is 0 Å². The maximum atomic E-state index is 13.1. The zero-order valence-electron chi connectivity index (χ0n) is 13.6. The van der Waals surface area contributed by atoms with Gasteiger partial charge in [-0.1, -0.05) is 0 Å². The number of piperidine rings is 1. The Hall–Kier alpha value is -0.570. The Morgan fingerprint density at radius 2 is 1.71 bits per heavy atom. The molecule has 1 unspecified atom stereocenters. The van der Waals surface area contributed by atoms with Crippen molar-refractivity contribution in [2.24, 2.45) is 29.1 Å². The fourth-order valence-corrected chi connectivity index (χ4v) is 6.33. The van der Waals surface area contributed by atoms with Gasteiger partial charge in [0.1, 0.15) is 0 Å². The van der Waals surface area contributed by atoms with Crippen LogP contribution in [0.4, 0.5) is 0 Å². The molecule has 118 valence electrons. The van der Waals surface area contributed by atoms with E-state index in [1.165, 1.54) is 32.1 Å². The van der Waals surface area contributed by atoms with Crippen LogP contribution in [-0.2, 0) is 4.79 Å². The van der Waals surface area contributed by atoms with E-state index < -0.39 is 0 Å². The van der Waals surface area contributed by atoms with Crippen LogP contribution in [0, 0.1) is 29.1 Å². The average molecular weight is 290 g/mol. The smallest absolute Gasteiger partial charge is 0.229 e. The number of nitrogens with one attached hydrogen (secondary N) is 1. The van der Waals surface area contributed by atoms with Crippen molar-refractivity contribution >= 4 is 5.91 Å². The third-order valence-electron chi connectivity index (χ3n) is 7.06. The van der Waals surface area contributed by atoms with Crippen molar-refractivity contribution in [3.8, 4) is 0 Å². The largest absolute Gasteiger partial charge is 0.342 e. The van der Waals surface area contributed by atoms with Gasteiger partial charge in [0.05, 0.1) is 5.41 Å². The molecule has 0 aromatic rings. The lowest BCUT2D eigenvalue weighted by atomic mass is 9.53. The van der Waals surface area contributed by atoms with Crippen molar-refractivity contribution < 1.29 is 4.79 Å². The molecule has 0 aromatic heterocycles. The Morgan fingerprint density at radius 1 is 1.10 bits per heavy atom. The molecule has 4 saturated carbocycles. The highest BCUT2D eigenvalue weighted by Gasteiger charge is 2.51. The Balaban J connectivity index is 1.52. The second-order valence-electron chi connectivity index (χ2n) is 8.68. The molecular weight excluding hydrogens is 260 g/mol. The zero-order valence-corrected chi connectivity index (χ0v) is 13.6. The minimum atomic E-state index is -0.165. The van der Waals surface area contributed by atoms with E-state index in [-0.39, 0.29) is 5.41 Å². The molecule has 1 amide bonds. The van der Waals surface area contributed by atoms with Crippen LogP contribution in [0.2, 0.25) is 0 Å². The molecule has 1 N–H and O–H groups in total. The summed E-state index contributed by atoms with van der Waals surface area (Å²) in [5.41, 5.74) is -0.165. The normalized spacial score (nSPS) is 48.4. The van der Waals surface area contributed by atoms with Crippen LogP contribution in [0.15, 0.2) is 0 Å². The first-order chi connectivity index (χ1) is 10.1. The molecule has 5 rings (SSSR count). The van der Waals surface area contributed by atoms with E-state index in [2.05, 4.69) is 24.2 Å². The molecule has 5 fully saturated rings. The first-order valence-corrected chi connectivity index (χ1v) is 9.05. The van der Waals surface area contributed by atoms with Crippen molar-refractivity contribution in [2.75, 3.05) is 20.1 Å². The predicted octanol–water partition coefficient (Wildman–Crippen LogP) is 2.66. The summed E-state index contributed by atoms with van der Waals surface area (Å²) in [5, 5.41) is 3.43. The molecular formula is C18H30N2O. The van der Waals surface area contributed by atoms with E-state index in [9.17, 15) is 4.79 Å². The summed E-state index contributed by atoms with van der Waals surface area (Å²) in [5.74, 6) is 3.98. The second kappa shape index (κ2) is 4.97. The standard InChI is InChI=1S/C18H30N2O/c1-18(4-3-5-19-11-18)17(21)20(2)16-14-7-12-6-13(9-14)10-15(16)8-12/h12-16,19H,3-11H2,1-2H3. The van der Waals surface area contributed by atoms with Gasteiger partial charge in [-0.2, -0.15) is 0 Å². The van der Waals surface area contributed by atoms with Gasteiger partial charge >= 0.3 is 0 Å². The van der Waals surface area contributed by atoms with Crippen LogP contribution >= 0.6 is 0 Å². The molecule has 4 aliphatic carbocycles. The summed E-state index contributed by atoms with van der Waals surface area (Å²) in [7, 11) is 2.11. The molecule has 4 bridgehead atoms. The molecule has 0 spiro atoms. The van der Waals surface area contributed by atoms with Gasteiger partial charge in [-0.05, 0) is 82.1 Å². The molecule has 1 atom stereocenters. The van der Waals surface area contributed by atoms with Gasteiger partial charge in [-0.15, -0.1) is 0 Å². The number of hydrogen-bond donors (Lipinski definition) is 1. The van der Waals surface area contributed by atoms with Crippen molar-refractivity contribution in [3.63, 3.8) is 0 Å². The number of nitrogens with zero attached hydrogens (tertiary/aromatic N) is 1. The van der Waals surface area contributed by atoms with Gasteiger partial charge < -0.3 is 10.2 Å². The topological polar surface area (TPSA) is 32.3 Å². The molecule has 1 heterocycles. The van der Waals surface area contributed by atoms with Crippen molar-refractivity contribution in [1.82, 2.24) is 10.2 Å². The Kier molecular flexibility index (Phi) is 3.33. The highest BCUT2D eigenvalue weighted by atomic mass is 16.2. The van der Waals surface area contributed by atoms with E-state index in [1.807, 2.05) is 0 Å². The fraction of sp³-hybridized carbons (Fsp3) is 0.944. The maximum Gasteiger partial charge on any atom is 0.229 e. The van der Waals surface area contributed by atoms with Gasteiger partial charge in [0.2, 0.25) is 5.91 Å². The van der Waals surface area contributed by atoms with Crippen LogP contribution in [0.1, 0.15) is 51.9 Å². The van der Waals surface area contributed by atoms with Gasteiger partial charge in [-0.3, -0.25) is 4.79 Å². The Bertz CT molecular complexity index is 399. The molecule has 1 aliphatic heterocycles. The first-order valence-electron chi connectivity index (χ1n) is 9.05. The molecule has 5 aliphatic rings. The first kappa shape index (κ1) is 14.0. The van der Waals surface area contributed by atoms with Crippen molar-refractivity contribution in [1.29, 1.82) is 0 Å². The van der Waals surface area contributed by atoms with Crippen LogP contribution in [0.25, 0.3) is 0 Å². The molecule has 1 saturated heterocycles. The summed E-state index contributed by atoms with van der Waals surface area (Å²) in [6.07, 6.45) is 9.25. The second-order valence-corrected chi connectivity index (χ2v) is 8.68. The van der Waals surface area contributed by atoms with E-state index in [0.29, 0.717) is 11.9 Å². The van der Waals surface area contributed by atoms with Gasteiger partial charge in [-0.25, -0.2) is 0 Å². The third kappa shape index (κ3) is 2.23. The number of hydrogen-bond acceptors (Lipinski definition) is 2. The van der Waals surface area contributed by atoms with Crippen LogP contribution in [-0.4, -0.2) is 37.0 Å². The van der Waals surface area contributed by atoms with Crippen molar-refractivity contribution in [2.45, 2.75) is 57.9 Å². The third-order valence-corrected chi connectivity index (χ3v) is 7.06. The molecule has 3 nitrogen and oxygen atoms in total. The van der Waals surface area contributed by atoms with E-state index >= 15 is 0 Å². The van der Waals surface area contributed by atoms with Gasteiger partial charge in [0, 0.05) is 19.6 Å². The minimum Gasteiger partial charge on any atom is -0.342 e. The van der Waals surface area contributed by atoms with Crippen LogP contribution in [0.5, 0.6) is 0 Å². The summed E-state index contributed by atoms with van der Waals surface area (Å²) < 4.78 is 0. The van der Waals surface area contributed by atoms with E-state index in [0.717, 1.165) is 49.6 Å². The van der Waals surface area contributed by atoms with E-state index in [4.69, 9.17) is 0 Å². The fourth-order valence-electron chi connectivity index (χ4n) is 6.33. The van der Waals surface area contributed by atoms with Crippen LogP contribution in [0.3, 0.4) is 0 Å². The van der Waals surface area contributed by atoms with E-state index in [1.54, 1.807) is 0 Å². The molecule has 0 aromatic carbocycles. The molecule has 0 radical (unpaired) electrons. The zero-order chi connectivity index (χ0) is 14.6. The van der Waals surface area contributed by atoms with Crippen LogP contribution < -0.4 is 5.32 Å². The number of carbonyl (C=O) groups excluding carboxylic acids is 1. The quantitative estimate of drug-likeness (QED) is 0.848. The predicted molar refractivity (Wildman–Crippen MR) is 83.8 cm³/mol. The summed E-state index contributed by atoms with van der Waals surface area (Å²) in [6, 6.07) is 0.545. The Morgan fingerprint density at radius 3 is 2.24 bits per heavy atom. The summed E-state index contributed by atoms with van der Waals surface area (Å²) >= 11 is 0. The monoisotopic (exact) mass is 290 g/mol. The number of carbonyl (C=O) groups is 1. The summed E-state index contributed by atoms with van der Waals surface area (Å²) in [4.78, 5) is 15.3.